The molecule has 1 atom stereocenters. The number of hydrogen-bond acceptors (Lipinski definition) is 4. The summed E-state index contributed by atoms with van der Waals surface area (Å²) in [4.78, 5) is 24.1. The van der Waals surface area contributed by atoms with E-state index in [-0.39, 0.29) is 28.5 Å². The highest BCUT2D eigenvalue weighted by atomic mass is 35.5. The molecule has 0 heterocycles. The number of esters is 1. The monoisotopic (exact) mass is 375 g/mol. The molecule has 0 saturated carbocycles. The molecule has 1 amide bonds. The second-order valence-electron chi connectivity index (χ2n) is 6.76. The second-order valence-corrected chi connectivity index (χ2v) is 8.35. The molecule has 7 heteroatoms. The van der Waals surface area contributed by atoms with Gasteiger partial charge in [-0.15, -0.1) is 11.8 Å². The molecule has 0 bridgehead atoms. The zero-order valence-corrected chi connectivity index (χ0v) is 16.3. The number of carbonyl (C=O) groups excluding carboxylic acids is 2. The number of thioether (sulfide) groups is 1. The summed E-state index contributed by atoms with van der Waals surface area (Å²) in [5.74, 6) is -1.39. The van der Waals surface area contributed by atoms with E-state index in [1.165, 1.54) is 24.8 Å². The Labute approximate surface area is 151 Å². The average molecular weight is 376 g/mol. The van der Waals surface area contributed by atoms with Crippen molar-refractivity contribution < 1.29 is 18.7 Å². The number of halogens is 2. The van der Waals surface area contributed by atoms with Gasteiger partial charge in [-0.1, -0.05) is 25.4 Å². The van der Waals surface area contributed by atoms with Gasteiger partial charge in [0, 0.05) is 11.8 Å². The molecule has 1 aromatic rings. The Morgan fingerprint density at radius 2 is 1.88 bits per heavy atom. The molecule has 134 valence electrons. The first-order valence-electron chi connectivity index (χ1n) is 7.57. The fraction of sp³-hybridized carbons (Fsp3) is 0.529. The van der Waals surface area contributed by atoms with Gasteiger partial charge in [0.25, 0.3) is 0 Å². The average Bonchev–Trinajstić information content (AvgIpc) is 2.37. The number of carbonyl (C=O) groups is 2. The van der Waals surface area contributed by atoms with Gasteiger partial charge in [0.1, 0.15) is 16.7 Å². The van der Waals surface area contributed by atoms with Gasteiger partial charge in [-0.25, -0.2) is 4.39 Å². The summed E-state index contributed by atoms with van der Waals surface area (Å²) in [5.41, 5.74) is -0.570. The van der Waals surface area contributed by atoms with E-state index in [1.54, 1.807) is 20.8 Å². The van der Waals surface area contributed by atoms with Crippen LogP contribution in [0.1, 0.15) is 41.5 Å². The van der Waals surface area contributed by atoms with Crippen molar-refractivity contribution in [3.05, 3.63) is 23.0 Å². The largest absolute Gasteiger partial charge is 0.459 e. The fourth-order valence-electron chi connectivity index (χ4n) is 1.86. The third kappa shape index (κ3) is 6.32. The van der Waals surface area contributed by atoms with Crippen LogP contribution in [0.15, 0.2) is 17.0 Å². The molecule has 0 fully saturated rings. The highest BCUT2D eigenvalue weighted by molar-refractivity contribution is 8.00. The molecular formula is C17H23ClFNO3S. The predicted molar refractivity (Wildman–Crippen MR) is 96.0 cm³/mol. The lowest BCUT2D eigenvalue weighted by Crippen LogP contribution is -2.33. The Morgan fingerprint density at radius 3 is 2.33 bits per heavy atom. The van der Waals surface area contributed by atoms with E-state index in [0.717, 1.165) is 6.07 Å². The van der Waals surface area contributed by atoms with Gasteiger partial charge >= 0.3 is 5.97 Å². The smallest absolute Gasteiger partial charge is 0.320 e. The lowest BCUT2D eigenvalue weighted by atomic mass is 10.1. The van der Waals surface area contributed by atoms with Crippen molar-refractivity contribution in [1.82, 2.24) is 0 Å². The first-order chi connectivity index (χ1) is 10.9. The first kappa shape index (κ1) is 20.8. The van der Waals surface area contributed by atoms with Crippen molar-refractivity contribution in [2.24, 2.45) is 5.92 Å². The van der Waals surface area contributed by atoms with Crippen LogP contribution in [0.4, 0.5) is 10.1 Å². The molecule has 24 heavy (non-hydrogen) atoms. The first-order valence-corrected chi connectivity index (χ1v) is 8.82. The lowest BCUT2D eigenvalue weighted by molar-refractivity contribution is -0.154. The molecule has 0 radical (unpaired) electrons. The molecule has 0 aliphatic rings. The molecule has 4 nitrogen and oxygen atoms in total. The summed E-state index contributed by atoms with van der Waals surface area (Å²) in [7, 11) is 0. The third-order valence-corrected chi connectivity index (χ3v) is 4.84. The molecule has 1 aromatic carbocycles. The van der Waals surface area contributed by atoms with E-state index in [9.17, 15) is 14.0 Å². The minimum absolute atomic E-state index is 0.0183. The maximum atomic E-state index is 13.9. The number of amides is 1. The summed E-state index contributed by atoms with van der Waals surface area (Å²) in [6, 6.07) is 2.56. The van der Waals surface area contributed by atoms with Gasteiger partial charge in [-0.3, -0.25) is 9.59 Å². The minimum Gasteiger partial charge on any atom is -0.459 e. The summed E-state index contributed by atoms with van der Waals surface area (Å²) in [6.45, 7) is 10.5. The topological polar surface area (TPSA) is 55.4 Å². The molecule has 1 unspecified atom stereocenters. The van der Waals surface area contributed by atoms with Crippen LogP contribution in [0.25, 0.3) is 0 Å². The fourth-order valence-corrected chi connectivity index (χ4v) is 3.19. The molecule has 0 spiro atoms. The van der Waals surface area contributed by atoms with Gasteiger partial charge in [-0.05, 0) is 38.8 Å². The molecule has 0 saturated heterocycles. The quantitative estimate of drug-likeness (QED) is 0.587. The van der Waals surface area contributed by atoms with Crippen molar-refractivity contribution in [1.29, 1.82) is 0 Å². The number of rotatable bonds is 5. The van der Waals surface area contributed by atoms with Gasteiger partial charge < -0.3 is 10.1 Å². The minimum atomic E-state index is -0.627. The highest BCUT2D eigenvalue weighted by Crippen LogP contribution is 2.37. The normalized spacial score (nSPS) is 12.9. The van der Waals surface area contributed by atoms with Crippen LogP contribution in [-0.2, 0) is 14.3 Å². The summed E-state index contributed by atoms with van der Waals surface area (Å²) in [6.07, 6.45) is 0. The van der Waals surface area contributed by atoms with E-state index >= 15 is 0 Å². The highest BCUT2D eigenvalue weighted by Gasteiger charge is 2.29. The molecular weight excluding hydrogens is 353 g/mol. The summed E-state index contributed by atoms with van der Waals surface area (Å²) in [5, 5.41) is 2.09. The van der Waals surface area contributed by atoms with Gasteiger partial charge in [0.15, 0.2) is 0 Å². The molecule has 0 aliphatic heterocycles. The Hall–Kier alpha value is -1.27. The van der Waals surface area contributed by atoms with Crippen molar-refractivity contribution in [2.45, 2.75) is 57.3 Å². The standard InChI is InChI=1S/C17H23ClFNO3S/c1-9(2)15(16(22)23-17(4,5)6)24-14-8-13(20-10(3)21)12(19)7-11(14)18/h7-9,15H,1-6H3,(H,20,21). The van der Waals surface area contributed by atoms with E-state index < -0.39 is 16.7 Å². The van der Waals surface area contributed by atoms with Crippen LogP contribution in [0.2, 0.25) is 5.02 Å². The van der Waals surface area contributed by atoms with E-state index in [4.69, 9.17) is 16.3 Å². The maximum Gasteiger partial charge on any atom is 0.320 e. The van der Waals surface area contributed by atoms with Gasteiger partial charge in [-0.2, -0.15) is 0 Å². The van der Waals surface area contributed by atoms with Crippen LogP contribution in [0.5, 0.6) is 0 Å². The Balaban J connectivity index is 3.10. The molecule has 1 rings (SSSR count). The Morgan fingerprint density at radius 1 is 1.29 bits per heavy atom. The SMILES string of the molecule is CC(=O)Nc1cc(SC(C(=O)OC(C)(C)C)C(C)C)c(Cl)cc1F. The van der Waals surface area contributed by atoms with Crippen molar-refractivity contribution in [3.8, 4) is 0 Å². The lowest BCUT2D eigenvalue weighted by Gasteiger charge is -2.26. The predicted octanol–water partition coefficient (Wildman–Crippen LogP) is 4.90. The van der Waals surface area contributed by atoms with Crippen LogP contribution in [0, 0.1) is 11.7 Å². The number of hydrogen-bond donors (Lipinski definition) is 1. The van der Waals surface area contributed by atoms with Crippen molar-refractivity contribution in [3.63, 3.8) is 0 Å². The Bertz CT molecular complexity index is 629. The number of benzene rings is 1. The number of anilines is 1. The summed E-state index contributed by atoms with van der Waals surface area (Å²) >= 11 is 7.30. The van der Waals surface area contributed by atoms with Crippen molar-refractivity contribution >= 4 is 40.9 Å². The zero-order valence-electron chi connectivity index (χ0n) is 14.7. The number of ether oxygens (including phenoxy) is 1. The van der Waals surface area contributed by atoms with Crippen LogP contribution >= 0.6 is 23.4 Å². The third-order valence-electron chi connectivity index (χ3n) is 2.83. The second kappa shape index (κ2) is 8.21. The maximum absolute atomic E-state index is 13.9. The van der Waals surface area contributed by atoms with Gasteiger partial charge in [0.2, 0.25) is 5.91 Å². The molecule has 0 aromatic heterocycles. The van der Waals surface area contributed by atoms with Crippen LogP contribution in [-0.4, -0.2) is 22.7 Å². The van der Waals surface area contributed by atoms with Gasteiger partial charge in [0.05, 0.1) is 10.7 Å². The van der Waals surface area contributed by atoms with Crippen LogP contribution in [0.3, 0.4) is 0 Å². The molecule has 1 N–H and O–H groups in total. The van der Waals surface area contributed by atoms with Crippen molar-refractivity contribution in [2.75, 3.05) is 5.32 Å². The number of nitrogens with one attached hydrogen (secondary N) is 1. The van der Waals surface area contributed by atoms with E-state index in [0.29, 0.717) is 4.90 Å². The van der Waals surface area contributed by atoms with E-state index in [1.807, 2.05) is 13.8 Å². The Kier molecular flexibility index (Phi) is 7.10. The molecule has 0 aliphatic carbocycles. The van der Waals surface area contributed by atoms with E-state index in [2.05, 4.69) is 5.32 Å². The zero-order chi connectivity index (χ0) is 18.7. The summed E-state index contributed by atoms with van der Waals surface area (Å²) < 4.78 is 19.3. The van der Waals surface area contributed by atoms with Crippen LogP contribution < -0.4 is 5.32 Å².